The zero-order chi connectivity index (χ0) is 12.5. The summed E-state index contributed by atoms with van der Waals surface area (Å²) in [5, 5.41) is 6.35. The first kappa shape index (κ1) is 12.0. The number of benzene rings is 1. The average Bonchev–Trinajstić information content (AvgIpc) is 2.75. The van der Waals surface area contributed by atoms with Crippen LogP contribution in [-0.2, 0) is 6.42 Å². The molecule has 0 aromatic heterocycles. The van der Waals surface area contributed by atoms with Gasteiger partial charge in [-0.15, -0.1) is 0 Å². The molecule has 0 saturated carbocycles. The van der Waals surface area contributed by atoms with Crippen LogP contribution in [0.15, 0.2) is 18.2 Å². The van der Waals surface area contributed by atoms with Crippen molar-refractivity contribution in [3.63, 3.8) is 0 Å². The van der Waals surface area contributed by atoms with Crippen molar-refractivity contribution in [3.8, 4) is 0 Å². The number of hydrogen-bond acceptors (Lipinski definition) is 2. The van der Waals surface area contributed by atoms with Gasteiger partial charge in [0.25, 0.3) is 5.91 Å². The molecule has 2 rings (SSSR count). The minimum atomic E-state index is -0.144. The molecule has 0 unspecified atom stereocenters. The first-order valence-electron chi connectivity index (χ1n) is 6.21. The van der Waals surface area contributed by atoms with Crippen LogP contribution in [0.25, 0.3) is 0 Å². The van der Waals surface area contributed by atoms with Crippen molar-refractivity contribution < 1.29 is 4.79 Å². The molecule has 1 aliphatic rings. The number of amides is 1. The number of nitrogens with one attached hydrogen (secondary N) is 2. The minimum Gasteiger partial charge on any atom is -0.384 e. The zero-order valence-electron chi connectivity index (χ0n) is 10.8. The van der Waals surface area contributed by atoms with Crippen molar-refractivity contribution in [1.82, 2.24) is 5.32 Å². The molecule has 0 atom stereocenters. The lowest BCUT2D eigenvalue weighted by Gasteiger charge is -2.24. The molecule has 2 N–H and O–H groups in total. The van der Waals surface area contributed by atoms with Crippen molar-refractivity contribution >= 4 is 11.6 Å². The van der Waals surface area contributed by atoms with E-state index < -0.39 is 0 Å². The Morgan fingerprint density at radius 3 is 2.94 bits per heavy atom. The van der Waals surface area contributed by atoms with Gasteiger partial charge in [0.1, 0.15) is 0 Å². The van der Waals surface area contributed by atoms with E-state index in [1.54, 1.807) is 0 Å². The minimum absolute atomic E-state index is 0.0200. The monoisotopic (exact) mass is 232 g/mol. The fourth-order valence-corrected chi connectivity index (χ4v) is 1.91. The molecule has 0 aliphatic carbocycles. The van der Waals surface area contributed by atoms with Gasteiger partial charge in [0.05, 0.1) is 0 Å². The molecular formula is C14H20N2O. The standard InChI is InChI=1S/C14H20N2O/c1-4-14(2,3)16-13(17)11-5-6-12-10(9-11)7-8-15-12/h5-6,9,15H,4,7-8H2,1-3H3,(H,16,17). The van der Waals surface area contributed by atoms with Crippen LogP contribution in [0.5, 0.6) is 0 Å². The quantitative estimate of drug-likeness (QED) is 0.841. The average molecular weight is 232 g/mol. The molecule has 1 aromatic carbocycles. The van der Waals surface area contributed by atoms with Gasteiger partial charge in [-0.1, -0.05) is 6.92 Å². The molecule has 0 spiro atoms. The van der Waals surface area contributed by atoms with E-state index in [2.05, 4.69) is 17.6 Å². The topological polar surface area (TPSA) is 41.1 Å². The molecular weight excluding hydrogens is 212 g/mol. The summed E-state index contributed by atoms with van der Waals surface area (Å²) in [5.41, 5.74) is 3.02. The van der Waals surface area contributed by atoms with Crippen LogP contribution in [0.1, 0.15) is 43.1 Å². The van der Waals surface area contributed by atoms with Crippen LogP contribution in [0.3, 0.4) is 0 Å². The van der Waals surface area contributed by atoms with Gasteiger partial charge >= 0.3 is 0 Å². The third kappa shape index (κ3) is 2.60. The summed E-state index contributed by atoms with van der Waals surface area (Å²) in [6, 6.07) is 5.88. The van der Waals surface area contributed by atoms with Crippen molar-refractivity contribution in [3.05, 3.63) is 29.3 Å². The summed E-state index contributed by atoms with van der Waals surface area (Å²) in [7, 11) is 0. The smallest absolute Gasteiger partial charge is 0.251 e. The molecule has 0 saturated heterocycles. The number of rotatable bonds is 3. The van der Waals surface area contributed by atoms with E-state index in [9.17, 15) is 4.79 Å². The highest BCUT2D eigenvalue weighted by atomic mass is 16.1. The van der Waals surface area contributed by atoms with Gasteiger partial charge in [-0.2, -0.15) is 0 Å². The molecule has 92 valence electrons. The lowest BCUT2D eigenvalue weighted by Crippen LogP contribution is -2.42. The van der Waals surface area contributed by atoms with Gasteiger partial charge in [-0.25, -0.2) is 0 Å². The van der Waals surface area contributed by atoms with Crippen LogP contribution in [0.2, 0.25) is 0 Å². The Morgan fingerprint density at radius 2 is 2.24 bits per heavy atom. The molecule has 1 aliphatic heterocycles. The van der Waals surface area contributed by atoms with Gasteiger partial charge < -0.3 is 10.6 Å². The van der Waals surface area contributed by atoms with E-state index in [-0.39, 0.29) is 11.4 Å². The molecule has 1 aromatic rings. The highest BCUT2D eigenvalue weighted by molar-refractivity contribution is 5.95. The summed E-state index contributed by atoms with van der Waals surface area (Å²) in [6.07, 6.45) is 1.93. The predicted octanol–water partition coefficient (Wildman–Crippen LogP) is 2.57. The largest absolute Gasteiger partial charge is 0.384 e. The lowest BCUT2D eigenvalue weighted by atomic mass is 10.0. The first-order chi connectivity index (χ1) is 8.02. The van der Waals surface area contributed by atoms with Crippen molar-refractivity contribution in [2.24, 2.45) is 0 Å². The Labute approximate surface area is 103 Å². The predicted molar refractivity (Wildman–Crippen MR) is 70.5 cm³/mol. The van der Waals surface area contributed by atoms with E-state index in [4.69, 9.17) is 0 Å². The molecule has 0 radical (unpaired) electrons. The molecule has 3 nitrogen and oxygen atoms in total. The van der Waals surface area contributed by atoms with E-state index >= 15 is 0 Å². The lowest BCUT2D eigenvalue weighted by molar-refractivity contribution is 0.0911. The first-order valence-corrected chi connectivity index (χ1v) is 6.21. The maximum Gasteiger partial charge on any atom is 0.251 e. The van der Waals surface area contributed by atoms with Crippen molar-refractivity contribution in [1.29, 1.82) is 0 Å². The van der Waals surface area contributed by atoms with Gasteiger partial charge in [-0.3, -0.25) is 4.79 Å². The Bertz CT molecular complexity index is 438. The summed E-state index contributed by atoms with van der Waals surface area (Å²) in [5.74, 6) is 0.0200. The molecule has 0 fully saturated rings. The summed E-state index contributed by atoms with van der Waals surface area (Å²) in [6.45, 7) is 7.13. The Morgan fingerprint density at radius 1 is 1.47 bits per heavy atom. The second-order valence-electron chi connectivity index (χ2n) is 5.24. The fraction of sp³-hybridized carbons (Fsp3) is 0.500. The van der Waals surface area contributed by atoms with Gasteiger partial charge in [0.15, 0.2) is 0 Å². The van der Waals surface area contributed by atoms with Crippen molar-refractivity contribution in [2.75, 3.05) is 11.9 Å². The number of anilines is 1. The number of carbonyl (C=O) groups is 1. The Kier molecular flexibility index (Phi) is 3.09. The SMILES string of the molecule is CCC(C)(C)NC(=O)c1ccc2c(c1)CCN2. The maximum absolute atomic E-state index is 12.1. The summed E-state index contributed by atoms with van der Waals surface area (Å²) >= 11 is 0. The number of fused-ring (bicyclic) bond motifs is 1. The van der Waals surface area contributed by atoms with Gasteiger partial charge in [0, 0.05) is 23.3 Å². The third-order valence-electron chi connectivity index (χ3n) is 3.41. The second kappa shape index (κ2) is 4.40. The Balaban J connectivity index is 2.15. The van der Waals surface area contributed by atoms with Crippen LogP contribution in [-0.4, -0.2) is 18.0 Å². The van der Waals surface area contributed by atoms with E-state index in [0.717, 1.165) is 30.6 Å². The second-order valence-corrected chi connectivity index (χ2v) is 5.24. The summed E-state index contributed by atoms with van der Waals surface area (Å²) in [4.78, 5) is 12.1. The zero-order valence-corrected chi connectivity index (χ0v) is 10.8. The van der Waals surface area contributed by atoms with Crippen molar-refractivity contribution in [2.45, 2.75) is 39.2 Å². The van der Waals surface area contributed by atoms with Gasteiger partial charge in [-0.05, 0) is 50.5 Å². The molecule has 1 heterocycles. The van der Waals surface area contributed by atoms with Crippen LogP contribution < -0.4 is 10.6 Å². The highest BCUT2D eigenvalue weighted by Gasteiger charge is 2.20. The highest BCUT2D eigenvalue weighted by Crippen LogP contribution is 2.23. The Hall–Kier alpha value is -1.51. The van der Waals surface area contributed by atoms with Crippen LogP contribution >= 0.6 is 0 Å². The number of carbonyl (C=O) groups excluding carboxylic acids is 1. The third-order valence-corrected chi connectivity index (χ3v) is 3.41. The van der Waals surface area contributed by atoms with E-state index in [0.29, 0.717) is 0 Å². The number of hydrogen-bond donors (Lipinski definition) is 2. The normalized spacial score (nSPS) is 14.1. The van der Waals surface area contributed by atoms with Crippen LogP contribution in [0.4, 0.5) is 5.69 Å². The summed E-state index contributed by atoms with van der Waals surface area (Å²) < 4.78 is 0. The molecule has 3 heteroatoms. The fourth-order valence-electron chi connectivity index (χ4n) is 1.91. The molecule has 0 bridgehead atoms. The van der Waals surface area contributed by atoms with Gasteiger partial charge in [0.2, 0.25) is 0 Å². The molecule has 1 amide bonds. The van der Waals surface area contributed by atoms with E-state index in [1.165, 1.54) is 5.56 Å². The van der Waals surface area contributed by atoms with E-state index in [1.807, 2.05) is 32.0 Å². The van der Waals surface area contributed by atoms with Crippen LogP contribution in [0, 0.1) is 0 Å². The molecule has 17 heavy (non-hydrogen) atoms. The maximum atomic E-state index is 12.1.